The smallest absolute Gasteiger partial charge is 0.113 e. The Morgan fingerprint density at radius 2 is 2.43 bits per heavy atom. The Morgan fingerprint density at radius 3 is 3.14 bits per heavy atom. The normalized spacial score (nSPS) is 16.0. The highest BCUT2D eigenvalue weighted by molar-refractivity contribution is 7.09. The van der Waals surface area contributed by atoms with E-state index >= 15 is 0 Å². The molecule has 4 heteroatoms. The van der Waals surface area contributed by atoms with Gasteiger partial charge in [0.2, 0.25) is 0 Å². The molecule has 0 spiro atoms. The van der Waals surface area contributed by atoms with Gasteiger partial charge in [-0.1, -0.05) is 0 Å². The van der Waals surface area contributed by atoms with Crippen LogP contribution < -0.4 is 0 Å². The number of nitrogens with zero attached hydrogens (tertiary/aromatic N) is 3. The molecule has 1 aliphatic carbocycles. The Kier molecular flexibility index (Phi) is 1.87. The van der Waals surface area contributed by atoms with Crippen LogP contribution in [0.1, 0.15) is 29.5 Å². The lowest BCUT2D eigenvalue weighted by molar-refractivity contribution is 0.784. The molecule has 0 atom stereocenters. The minimum atomic E-state index is 0.766. The van der Waals surface area contributed by atoms with Gasteiger partial charge in [0.05, 0.1) is 18.6 Å². The molecule has 0 N–H and O–H groups in total. The van der Waals surface area contributed by atoms with Crippen molar-refractivity contribution in [2.24, 2.45) is 0 Å². The first kappa shape index (κ1) is 8.17. The van der Waals surface area contributed by atoms with E-state index in [4.69, 9.17) is 0 Å². The second-order valence-electron chi connectivity index (χ2n) is 3.68. The molecule has 0 aliphatic heterocycles. The van der Waals surface area contributed by atoms with Gasteiger partial charge in [0.1, 0.15) is 5.01 Å². The third-order valence-electron chi connectivity index (χ3n) is 2.44. The van der Waals surface area contributed by atoms with E-state index in [2.05, 4.69) is 19.9 Å². The van der Waals surface area contributed by atoms with Crippen molar-refractivity contribution in [3.05, 3.63) is 34.8 Å². The predicted molar refractivity (Wildman–Crippen MR) is 55.4 cm³/mol. The molecule has 3 nitrogen and oxygen atoms in total. The fourth-order valence-corrected chi connectivity index (χ4v) is 2.38. The van der Waals surface area contributed by atoms with Crippen molar-refractivity contribution >= 4 is 11.3 Å². The Hall–Kier alpha value is -1.16. The van der Waals surface area contributed by atoms with E-state index in [1.807, 2.05) is 12.5 Å². The standard InChI is InChI=1S/C10H11N3S/c1-2-8(1)9-6-14-10(12-9)5-13-4-3-11-7-13/h3-4,6-8H,1-2,5H2. The van der Waals surface area contributed by atoms with Crippen LogP contribution in [-0.2, 0) is 6.54 Å². The molecule has 2 aromatic rings. The van der Waals surface area contributed by atoms with Gasteiger partial charge in [0, 0.05) is 23.7 Å². The number of aromatic nitrogens is 3. The molecule has 72 valence electrons. The largest absolute Gasteiger partial charge is 0.331 e. The predicted octanol–water partition coefficient (Wildman–Crippen LogP) is 2.27. The van der Waals surface area contributed by atoms with Crippen LogP contribution in [0.15, 0.2) is 24.1 Å². The number of rotatable bonds is 3. The lowest BCUT2D eigenvalue weighted by Gasteiger charge is -1.96. The summed E-state index contributed by atoms with van der Waals surface area (Å²) in [6.07, 6.45) is 8.26. The molecule has 0 aromatic carbocycles. The lowest BCUT2D eigenvalue weighted by Crippen LogP contribution is -1.95. The molecular formula is C10H11N3S. The van der Waals surface area contributed by atoms with E-state index in [1.165, 1.54) is 23.5 Å². The molecular weight excluding hydrogens is 194 g/mol. The number of hydrogen-bond donors (Lipinski definition) is 0. The minimum Gasteiger partial charge on any atom is -0.331 e. The second kappa shape index (κ2) is 3.20. The third kappa shape index (κ3) is 1.57. The first-order valence-corrected chi connectivity index (χ1v) is 5.70. The van der Waals surface area contributed by atoms with Crippen LogP contribution in [-0.4, -0.2) is 14.5 Å². The zero-order valence-electron chi connectivity index (χ0n) is 7.76. The maximum atomic E-state index is 4.62. The number of thiazole rings is 1. The molecule has 14 heavy (non-hydrogen) atoms. The molecule has 0 radical (unpaired) electrons. The Morgan fingerprint density at radius 1 is 1.50 bits per heavy atom. The third-order valence-corrected chi connectivity index (χ3v) is 3.29. The van der Waals surface area contributed by atoms with Gasteiger partial charge in [-0.25, -0.2) is 9.97 Å². The highest BCUT2D eigenvalue weighted by Crippen LogP contribution is 2.40. The first-order valence-electron chi connectivity index (χ1n) is 4.82. The maximum absolute atomic E-state index is 4.62. The van der Waals surface area contributed by atoms with Gasteiger partial charge in [-0.15, -0.1) is 11.3 Å². The van der Waals surface area contributed by atoms with Crippen molar-refractivity contribution < 1.29 is 0 Å². The summed E-state index contributed by atoms with van der Waals surface area (Å²) in [5, 5.41) is 3.38. The van der Waals surface area contributed by atoms with E-state index in [9.17, 15) is 0 Å². The highest BCUT2D eigenvalue weighted by Gasteiger charge is 2.25. The van der Waals surface area contributed by atoms with E-state index in [0.29, 0.717) is 0 Å². The second-order valence-corrected chi connectivity index (χ2v) is 4.62. The van der Waals surface area contributed by atoms with Crippen LogP contribution in [0.25, 0.3) is 0 Å². The van der Waals surface area contributed by atoms with Crippen LogP contribution in [0.4, 0.5) is 0 Å². The molecule has 2 heterocycles. The van der Waals surface area contributed by atoms with Crippen LogP contribution in [0, 0.1) is 0 Å². The fraction of sp³-hybridized carbons (Fsp3) is 0.400. The summed E-state index contributed by atoms with van der Waals surface area (Å²) in [5.74, 6) is 0.766. The van der Waals surface area contributed by atoms with Crippen molar-refractivity contribution in [2.45, 2.75) is 25.3 Å². The Bertz CT molecular complexity index is 414. The average molecular weight is 205 g/mol. The van der Waals surface area contributed by atoms with E-state index in [1.54, 1.807) is 17.5 Å². The van der Waals surface area contributed by atoms with Gasteiger partial charge in [-0.05, 0) is 12.8 Å². The molecule has 1 fully saturated rings. The van der Waals surface area contributed by atoms with Crippen molar-refractivity contribution in [3.8, 4) is 0 Å². The minimum absolute atomic E-state index is 0.766. The van der Waals surface area contributed by atoms with Crippen molar-refractivity contribution in [1.29, 1.82) is 0 Å². The number of imidazole rings is 1. The first-order chi connectivity index (χ1) is 6.92. The number of hydrogen-bond acceptors (Lipinski definition) is 3. The van der Waals surface area contributed by atoms with Crippen molar-refractivity contribution in [1.82, 2.24) is 14.5 Å². The molecule has 2 aromatic heterocycles. The molecule has 0 unspecified atom stereocenters. The molecule has 1 aliphatic rings. The zero-order valence-corrected chi connectivity index (χ0v) is 8.57. The van der Waals surface area contributed by atoms with E-state index < -0.39 is 0 Å². The molecule has 3 rings (SSSR count). The summed E-state index contributed by atoms with van der Waals surface area (Å²) in [5.41, 5.74) is 1.30. The van der Waals surface area contributed by atoms with Crippen LogP contribution in [0.2, 0.25) is 0 Å². The summed E-state index contributed by atoms with van der Waals surface area (Å²) in [6, 6.07) is 0. The van der Waals surface area contributed by atoms with E-state index in [-0.39, 0.29) is 0 Å². The Labute approximate surface area is 86.4 Å². The molecule has 0 amide bonds. The molecule has 0 bridgehead atoms. The summed E-state index contributed by atoms with van der Waals surface area (Å²) in [4.78, 5) is 8.63. The fourth-order valence-electron chi connectivity index (χ4n) is 1.50. The van der Waals surface area contributed by atoms with Gasteiger partial charge in [0.25, 0.3) is 0 Å². The van der Waals surface area contributed by atoms with Gasteiger partial charge < -0.3 is 4.57 Å². The maximum Gasteiger partial charge on any atom is 0.113 e. The van der Waals surface area contributed by atoms with Crippen LogP contribution in [0.5, 0.6) is 0 Å². The highest BCUT2D eigenvalue weighted by atomic mass is 32.1. The van der Waals surface area contributed by atoms with Crippen molar-refractivity contribution in [3.63, 3.8) is 0 Å². The Balaban J connectivity index is 1.76. The average Bonchev–Trinajstić information content (AvgIpc) is 2.75. The zero-order chi connectivity index (χ0) is 9.38. The molecule has 1 saturated carbocycles. The van der Waals surface area contributed by atoms with E-state index in [0.717, 1.165) is 12.5 Å². The lowest BCUT2D eigenvalue weighted by atomic mass is 10.3. The SMILES string of the molecule is c1cn(Cc2nc(C3CC3)cs2)cn1. The quantitative estimate of drug-likeness (QED) is 0.769. The van der Waals surface area contributed by atoms with Gasteiger partial charge in [0.15, 0.2) is 0 Å². The topological polar surface area (TPSA) is 30.7 Å². The van der Waals surface area contributed by atoms with Gasteiger partial charge >= 0.3 is 0 Å². The van der Waals surface area contributed by atoms with Crippen LogP contribution >= 0.6 is 11.3 Å². The molecule has 0 saturated heterocycles. The summed E-state index contributed by atoms with van der Waals surface area (Å²) < 4.78 is 2.05. The van der Waals surface area contributed by atoms with Crippen LogP contribution in [0.3, 0.4) is 0 Å². The summed E-state index contributed by atoms with van der Waals surface area (Å²) in [6.45, 7) is 0.859. The van der Waals surface area contributed by atoms with Gasteiger partial charge in [-0.3, -0.25) is 0 Å². The van der Waals surface area contributed by atoms with Crippen molar-refractivity contribution in [2.75, 3.05) is 0 Å². The monoisotopic (exact) mass is 205 g/mol. The summed E-state index contributed by atoms with van der Waals surface area (Å²) in [7, 11) is 0. The summed E-state index contributed by atoms with van der Waals surface area (Å²) >= 11 is 1.76. The van der Waals surface area contributed by atoms with Gasteiger partial charge in [-0.2, -0.15) is 0 Å².